The topological polar surface area (TPSA) is 12.9 Å². The number of nitrogens with zero attached hydrogens (tertiary/aromatic N) is 1. The number of hydrogen-bond donors (Lipinski definition) is 0. The van der Waals surface area contributed by atoms with Crippen LogP contribution < -0.4 is 0 Å². The van der Waals surface area contributed by atoms with Crippen molar-refractivity contribution in [3.05, 3.63) is 30.1 Å². The predicted octanol–water partition coefficient (Wildman–Crippen LogP) is 2.65. The third kappa shape index (κ3) is 1.56. The summed E-state index contributed by atoms with van der Waals surface area (Å²) in [5.41, 5.74) is 1.40. The molecular weight excluding hydrogens is 154 g/mol. The van der Waals surface area contributed by atoms with Gasteiger partial charge in [0, 0.05) is 17.6 Å². The molecular formula is C9H11NS. The van der Waals surface area contributed by atoms with E-state index in [0.717, 1.165) is 5.25 Å². The van der Waals surface area contributed by atoms with Crippen LogP contribution in [0.3, 0.4) is 0 Å². The third-order valence-electron chi connectivity index (χ3n) is 1.99. The maximum Gasteiger partial charge on any atom is 0.0312 e. The van der Waals surface area contributed by atoms with E-state index in [1.807, 2.05) is 18.5 Å². The van der Waals surface area contributed by atoms with E-state index in [0.29, 0.717) is 0 Å². The molecule has 0 aromatic carbocycles. The monoisotopic (exact) mass is 165 g/mol. The summed E-state index contributed by atoms with van der Waals surface area (Å²) in [7, 11) is 0. The van der Waals surface area contributed by atoms with Gasteiger partial charge in [-0.25, -0.2) is 0 Å². The van der Waals surface area contributed by atoms with Gasteiger partial charge < -0.3 is 0 Å². The molecule has 1 aliphatic rings. The Morgan fingerprint density at radius 2 is 2.55 bits per heavy atom. The summed E-state index contributed by atoms with van der Waals surface area (Å²) in [4.78, 5) is 4.12. The summed E-state index contributed by atoms with van der Waals surface area (Å²) in [6.07, 6.45) is 6.52. The van der Waals surface area contributed by atoms with Crippen LogP contribution in [0.5, 0.6) is 0 Å². The van der Waals surface area contributed by atoms with Crippen molar-refractivity contribution in [3.8, 4) is 0 Å². The fraction of sp³-hybridized carbons (Fsp3) is 0.444. The van der Waals surface area contributed by atoms with Gasteiger partial charge in [0.15, 0.2) is 0 Å². The van der Waals surface area contributed by atoms with Crippen LogP contribution in [0.4, 0.5) is 0 Å². The Hall–Kier alpha value is -0.500. The molecule has 0 radical (unpaired) electrons. The lowest BCUT2D eigenvalue weighted by molar-refractivity contribution is 0.825. The van der Waals surface area contributed by atoms with Gasteiger partial charge in [0.05, 0.1) is 0 Å². The number of aromatic nitrogens is 1. The summed E-state index contributed by atoms with van der Waals surface area (Å²) in [5.74, 6) is 1.32. The van der Waals surface area contributed by atoms with Gasteiger partial charge in [-0.1, -0.05) is 6.07 Å². The fourth-order valence-corrected chi connectivity index (χ4v) is 2.69. The van der Waals surface area contributed by atoms with Crippen LogP contribution in [0.15, 0.2) is 24.5 Å². The minimum atomic E-state index is 0.726. The molecule has 2 rings (SSSR count). The molecule has 0 N–H and O–H groups in total. The van der Waals surface area contributed by atoms with Crippen molar-refractivity contribution >= 4 is 11.8 Å². The Morgan fingerprint density at radius 3 is 3.18 bits per heavy atom. The van der Waals surface area contributed by atoms with Crippen LogP contribution in [-0.4, -0.2) is 10.7 Å². The van der Waals surface area contributed by atoms with E-state index in [1.165, 1.54) is 24.2 Å². The Morgan fingerprint density at radius 1 is 1.55 bits per heavy atom. The minimum absolute atomic E-state index is 0.726. The fourth-order valence-electron chi connectivity index (χ4n) is 1.41. The molecule has 1 nitrogen and oxygen atoms in total. The van der Waals surface area contributed by atoms with E-state index in [1.54, 1.807) is 0 Å². The summed E-state index contributed by atoms with van der Waals surface area (Å²) in [5, 5.41) is 0.726. The second kappa shape index (κ2) is 3.26. The average Bonchev–Trinajstić information content (AvgIpc) is 2.58. The van der Waals surface area contributed by atoms with Crippen LogP contribution in [0.1, 0.15) is 23.7 Å². The van der Waals surface area contributed by atoms with Crippen molar-refractivity contribution in [2.24, 2.45) is 0 Å². The SMILES string of the molecule is c1cncc([C@H]2CCCS2)c1. The molecule has 1 saturated heterocycles. The molecule has 1 aromatic heterocycles. The first kappa shape index (κ1) is 7.17. The van der Waals surface area contributed by atoms with E-state index in [2.05, 4.69) is 22.8 Å². The summed E-state index contributed by atoms with van der Waals surface area (Å²) < 4.78 is 0. The standard InChI is InChI=1S/C9H11NS/c1-3-8(7-10-5-1)9-4-2-6-11-9/h1,3,5,7,9H,2,4,6H2/t9-/m1/s1. The predicted molar refractivity (Wildman–Crippen MR) is 48.7 cm³/mol. The zero-order chi connectivity index (χ0) is 7.52. The molecule has 1 aliphatic heterocycles. The van der Waals surface area contributed by atoms with E-state index in [9.17, 15) is 0 Å². The maximum atomic E-state index is 4.12. The van der Waals surface area contributed by atoms with Crippen molar-refractivity contribution in [2.75, 3.05) is 5.75 Å². The smallest absolute Gasteiger partial charge is 0.0312 e. The lowest BCUT2D eigenvalue weighted by Crippen LogP contribution is -1.87. The largest absolute Gasteiger partial charge is 0.264 e. The quantitative estimate of drug-likeness (QED) is 0.634. The van der Waals surface area contributed by atoms with Crippen LogP contribution in [0.2, 0.25) is 0 Å². The van der Waals surface area contributed by atoms with Crippen LogP contribution in [0, 0.1) is 0 Å². The van der Waals surface area contributed by atoms with Crippen LogP contribution in [-0.2, 0) is 0 Å². The van der Waals surface area contributed by atoms with E-state index < -0.39 is 0 Å². The van der Waals surface area contributed by atoms with Crippen molar-refractivity contribution in [1.29, 1.82) is 0 Å². The zero-order valence-electron chi connectivity index (χ0n) is 6.36. The summed E-state index contributed by atoms with van der Waals surface area (Å²) in [6, 6.07) is 4.20. The lowest BCUT2D eigenvalue weighted by atomic mass is 10.1. The zero-order valence-corrected chi connectivity index (χ0v) is 7.18. The van der Waals surface area contributed by atoms with E-state index in [-0.39, 0.29) is 0 Å². The Bertz CT molecular complexity index is 216. The Balaban J connectivity index is 2.16. The Kier molecular flexibility index (Phi) is 2.13. The molecule has 1 aromatic rings. The highest BCUT2D eigenvalue weighted by Crippen LogP contribution is 2.39. The first-order valence-electron chi connectivity index (χ1n) is 3.98. The minimum Gasteiger partial charge on any atom is -0.264 e. The molecule has 0 spiro atoms. The highest BCUT2D eigenvalue weighted by molar-refractivity contribution is 7.99. The van der Waals surface area contributed by atoms with Crippen molar-refractivity contribution in [1.82, 2.24) is 4.98 Å². The first-order valence-corrected chi connectivity index (χ1v) is 5.03. The van der Waals surface area contributed by atoms with Gasteiger partial charge in [-0.3, -0.25) is 4.98 Å². The molecule has 11 heavy (non-hydrogen) atoms. The highest BCUT2D eigenvalue weighted by Gasteiger charge is 2.16. The van der Waals surface area contributed by atoms with Gasteiger partial charge in [-0.15, -0.1) is 0 Å². The van der Waals surface area contributed by atoms with Gasteiger partial charge in [0.25, 0.3) is 0 Å². The van der Waals surface area contributed by atoms with Crippen molar-refractivity contribution in [2.45, 2.75) is 18.1 Å². The van der Waals surface area contributed by atoms with Crippen LogP contribution in [0.25, 0.3) is 0 Å². The van der Waals surface area contributed by atoms with Crippen LogP contribution >= 0.6 is 11.8 Å². The molecule has 1 fully saturated rings. The van der Waals surface area contributed by atoms with Gasteiger partial charge in [0.1, 0.15) is 0 Å². The third-order valence-corrected chi connectivity index (χ3v) is 3.42. The van der Waals surface area contributed by atoms with Crippen molar-refractivity contribution in [3.63, 3.8) is 0 Å². The summed E-state index contributed by atoms with van der Waals surface area (Å²) in [6.45, 7) is 0. The van der Waals surface area contributed by atoms with E-state index in [4.69, 9.17) is 0 Å². The highest BCUT2D eigenvalue weighted by atomic mass is 32.2. The second-order valence-corrected chi connectivity index (χ2v) is 4.10. The van der Waals surface area contributed by atoms with Gasteiger partial charge >= 0.3 is 0 Å². The maximum absolute atomic E-state index is 4.12. The number of pyridine rings is 1. The molecule has 0 saturated carbocycles. The molecule has 58 valence electrons. The number of rotatable bonds is 1. The first-order chi connectivity index (χ1) is 5.47. The second-order valence-electron chi connectivity index (χ2n) is 2.79. The van der Waals surface area contributed by atoms with Gasteiger partial charge in [-0.05, 0) is 30.2 Å². The normalized spacial score (nSPS) is 23.8. The van der Waals surface area contributed by atoms with Gasteiger partial charge in [-0.2, -0.15) is 11.8 Å². The molecule has 2 heteroatoms. The Labute approximate surface area is 71.2 Å². The van der Waals surface area contributed by atoms with Gasteiger partial charge in [0.2, 0.25) is 0 Å². The number of hydrogen-bond acceptors (Lipinski definition) is 2. The van der Waals surface area contributed by atoms with Crippen molar-refractivity contribution < 1.29 is 0 Å². The molecule has 0 bridgehead atoms. The molecule has 2 heterocycles. The molecule has 0 unspecified atom stereocenters. The number of thioether (sulfide) groups is 1. The average molecular weight is 165 g/mol. The molecule has 0 aliphatic carbocycles. The lowest BCUT2D eigenvalue weighted by Gasteiger charge is -2.06. The molecule has 0 amide bonds. The molecule has 1 atom stereocenters. The van der Waals surface area contributed by atoms with E-state index >= 15 is 0 Å². The summed E-state index contributed by atoms with van der Waals surface area (Å²) >= 11 is 2.06.